The van der Waals surface area contributed by atoms with Crippen LogP contribution >= 0.6 is 0 Å². The van der Waals surface area contributed by atoms with Gasteiger partial charge in [0.15, 0.2) is 11.5 Å². The van der Waals surface area contributed by atoms with Gasteiger partial charge in [-0.2, -0.15) is 0 Å². The lowest BCUT2D eigenvalue weighted by molar-refractivity contribution is -0.122. The molecule has 2 aromatic carbocycles. The Labute approximate surface area is 148 Å². The average Bonchev–Trinajstić information content (AvgIpc) is 2.59. The third kappa shape index (κ3) is 3.77. The van der Waals surface area contributed by atoms with Gasteiger partial charge in [-0.05, 0) is 43.7 Å². The van der Waals surface area contributed by atoms with Gasteiger partial charge in [-0.25, -0.2) is 0 Å². The van der Waals surface area contributed by atoms with Gasteiger partial charge < -0.3 is 14.7 Å². The Kier molecular flexibility index (Phi) is 4.95. The number of amides is 1. The Balaban J connectivity index is 1.71. The summed E-state index contributed by atoms with van der Waals surface area (Å²) in [7, 11) is 1.53. The van der Waals surface area contributed by atoms with Gasteiger partial charge in [0.25, 0.3) is 0 Å². The molecule has 0 aromatic heterocycles. The van der Waals surface area contributed by atoms with E-state index in [2.05, 4.69) is 11.8 Å². The van der Waals surface area contributed by atoms with Crippen molar-refractivity contribution in [3.05, 3.63) is 53.6 Å². The number of hydrogen-bond acceptors (Lipinski definition) is 4. The fourth-order valence-corrected chi connectivity index (χ4v) is 3.15. The monoisotopic (exact) mass is 340 g/mol. The van der Waals surface area contributed by atoms with Crippen LogP contribution in [-0.2, 0) is 11.3 Å². The highest BCUT2D eigenvalue weighted by atomic mass is 16.5. The molecule has 1 saturated heterocycles. The van der Waals surface area contributed by atoms with E-state index in [1.165, 1.54) is 12.7 Å². The van der Waals surface area contributed by atoms with Crippen molar-refractivity contribution in [2.75, 3.05) is 25.1 Å². The smallest absolute Gasteiger partial charge is 0.241 e. The maximum Gasteiger partial charge on any atom is 0.241 e. The number of hydrogen-bond donors (Lipinski definition) is 1. The summed E-state index contributed by atoms with van der Waals surface area (Å²) in [5.74, 6) is 0.675. The van der Waals surface area contributed by atoms with Crippen molar-refractivity contribution in [3.63, 3.8) is 0 Å². The van der Waals surface area contributed by atoms with Crippen LogP contribution in [0.5, 0.6) is 11.5 Å². The van der Waals surface area contributed by atoms with Gasteiger partial charge in [0.2, 0.25) is 5.91 Å². The number of piperazine rings is 1. The molecule has 25 heavy (non-hydrogen) atoms. The minimum absolute atomic E-state index is 0.0969. The molecule has 0 spiro atoms. The van der Waals surface area contributed by atoms with Crippen LogP contribution in [0, 0.1) is 6.92 Å². The van der Waals surface area contributed by atoms with E-state index in [0.717, 1.165) is 11.3 Å². The number of carbonyl (C=O) groups is 1. The van der Waals surface area contributed by atoms with E-state index in [1.54, 1.807) is 12.1 Å². The summed E-state index contributed by atoms with van der Waals surface area (Å²) in [6, 6.07) is 13.6. The van der Waals surface area contributed by atoms with Gasteiger partial charge in [0.1, 0.15) is 0 Å². The fourth-order valence-electron chi connectivity index (χ4n) is 3.15. The molecule has 132 valence electrons. The lowest BCUT2D eigenvalue weighted by Crippen LogP contribution is -2.54. The second-order valence-electron chi connectivity index (χ2n) is 6.60. The Morgan fingerprint density at radius 1 is 1.20 bits per heavy atom. The first-order valence-electron chi connectivity index (χ1n) is 8.45. The zero-order chi connectivity index (χ0) is 18.0. The quantitative estimate of drug-likeness (QED) is 0.930. The third-order valence-electron chi connectivity index (χ3n) is 4.68. The fraction of sp³-hybridized carbons (Fsp3) is 0.350. The molecule has 1 fully saturated rings. The molecule has 0 radical (unpaired) electrons. The number of aryl methyl sites for hydroxylation is 1. The van der Waals surface area contributed by atoms with Gasteiger partial charge in [-0.1, -0.05) is 23.8 Å². The van der Waals surface area contributed by atoms with E-state index < -0.39 is 0 Å². The first-order chi connectivity index (χ1) is 12.0. The van der Waals surface area contributed by atoms with Crippen molar-refractivity contribution in [3.8, 4) is 11.5 Å². The summed E-state index contributed by atoms with van der Waals surface area (Å²) in [6.07, 6.45) is 0. The molecule has 1 aliphatic rings. The Morgan fingerprint density at radius 2 is 1.92 bits per heavy atom. The van der Waals surface area contributed by atoms with Gasteiger partial charge in [0.05, 0.1) is 13.7 Å². The Morgan fingerprint density at radius 3 is 2.56 bits per heavy atom. The van der Waals surface area contributed by atoms with Gasteiger partial charge in [0, 0.05) is 24.8 Å². The highest BCUT2D eigenvalue weighted by Gasteiger charge is 2.30. The summed E-state index contributed by atoms with van der Waals surface area (Å²) in [5, 5.41) is 9.93. The number of rotatable bonds is 4. The number of carbonyl (C=O) groups excluding carboxylic acids is 1. The highest BCUT2D eigenvalue weighted by molar-refractivity contribution is 5.95. The SMILES string of the molecule is COc1ccc(CN2CC(=O)N(c3ccc(C)cc3)C[C@H]2C)cc1O. The molecule has 5 heteroatoms. The topological polar surface area (TPSA) is 53.0 Å². The summed E-state index contributed by atoms with van der Waals surface area (Å²) in [5.41, 5.74) is 3.09. The molecular formula is C20H24N2O3. The highest BCUT2D eigenvalue weighted by Crippen LogP contribution is 2.28. The van der Waals surface area contributed by atoms with Crippen molar-refractivity contribution in [2.24, 2.45) is 0 Å². The summed E-state index contributed by atoms with van der Waals surface area (Å²) < 4.78 is 5.08. The number of anilines is 1. The molecule has 0 bridgehead atoms. The van der Waals surface area contributed by atoms with Crippen molar-refractivity contribution in [1.82, 2.24) is 4.90 Å². The van der Waals surface area contributed by atoms with E-state index in [9.17, 15) is 9.90 Å². The number of ether oxygens (including phenoxy) is 1. The minimum atomic E-state index is 0.0969. The first kappa shape index (κ1) is 17.3. The van der Waals surface area contributed by atoms with Crippen molar-refractivity contribution >= 4 is 11.6 Å². The number of nitrogens with zero attached hydrogens (tertiary/aromatic N) is 2. The van der Waals surface area contributed by atoms with Crippen LogP contribution in [0.2, 0.25) is 0 Å². The lowest BCUT2D eigenvalue weighted by Gasteiger charge is -2.39. The molecule has 1 aliphatic heterocycles. The maximum absolute atomic E-state index is 12.6. The van der Waals surface area contributed by atoms with Crippen molar-refractivity contribution < 1.29 is 14.6 Å². The number of methoxy groups -OCH3 is 1. The largest absolute Gasteiger partial charge is 0.504 e. The molecule has 0 aliphatic carbocycles. The van der Waals surface area contributed by atoms with Crippen LogP contribution in [0.4, 0.5) is 5.69 Å². The Hall–Kier alpha value is -2.53. The molecule has 0 saturated carbocycles. The van der Waals surface area contributed by atoms with Gasteiger partial charge in [-0.3, -0.25) is 9.69 Å². The van der Waals surface area contributed by atoms with Gasteiger partial charge in [-0.15, -0.1) is 0 Å². The predicted octanol–water partition coefficient (Wildman–Crippen LogP) is 2.95. The van der Waals surface area contributed by atoms with Crippen LogP contribution in [0.25, 0.3) is 0 Å². The zero-order valence-electron chi connectivity index (χ0n) is 14.9. The van der Waals surface area contributed by atoms with Crippen LogP contribution in [-0.4, -0.2) is 42.2 Å². The molecular weight excluding hydrogens is 316 g/mol. The van der Waals surface area contributed by atoms with Crippen LogP contribution in [0.3, 0.4) is 0 Å². The van der Waals surface area contributed by atoms with Crippen molar-refractivity contribution in [2.45, 2.75) is 26.4 Å². The number of phenolic OH excluding ortho intramolecular Hbond substituents is 1. The summed E-state index contributed by atoms with van der Waals surface area (Å²) in [4.78, 5) is 16.6. The molecule has 2 aromatic rings. The van der Waals surface area contributed by atoms with E-state index >= 15 is 0 Å². The maximum atomic E-state index is 12.6. The number of phenols is 1. The first-order valence-corrected chi connectivity index (χ1v) is 8.45. The molecule has 1 heterocycles. The number of aromatic hydroxyl groups is 1. The van der Waals surface area contributed by atoms with E-state index in [-0.39, 0.29) is 17.7 Å². The summed E-state index contributed by atoms with van der Waals surface area (Å²) in [6.45, 7) is 5.80. The average molecular weight is 340 g/mol. The number of benzene rings is 2. The molecule has 1 amide bonds. The van der Waals surface area contributed by atoms with E-state index in [4.69, 9.17) is 4.74 Å². The van der Waals surface area contributed by atoms with E-state index in [1.807, 2.05) is 42.2 Å². The normalized spacial score (nSPS) is 18.4. The minimum Gasteiger partial charge on any atom is -0.504 e. The second-order valence-corrected chi connectivity index (χ2v) is 6.60. The Bertz CT molecular complexity index is 758. The van der Waals surface area contributed by atoms with Crippen LogP contribution < -0.4 is 9.64 Å². The summed E-state index contributed by atoms with van der Waals surface area (Å²) >= 11 is 0. The molecule has 5 nitrogen and oxygen atoms in total. The zero-order valence-corrected chi connectivity index (χ0v) is 14.9. The molecule has 3 rings (SSSR count). The second kappa shape index (κ2) is 7.15. The molecule has 0 unspecified atom stereocenters. The van der Waals surface area contributed by atoms with Crippen molar-refractivity contribution in [1.29, 1.82) is 0 Å². The lowest BCUT2D eigenvalue weighted by atomic mass is 10.1. The standard InChI is InChI=1S/C20H24N2O3/c1-14-4-7-17(8-5-14)22-11-15(2)21(13-20(22)24)12-16-6-9-19(25-3)18(23)10-16/h4-10,15,23H,11-13H2,1-3H3/t15-/m1/s1. The predicted molar refractivity (Wildman–Crippen MR) is 98.1 cm³/mol. The van der Waals surface area contributed by atoms with Gasteiger partial charge >= 0.3 is 0 Å². The van der Waals surface area contributed by atoms with Crippen LogP contribution in [0.15, 0.2) is 42.5 Å². The third-order valence-corrected chi connectivity index (χ3v) is 4.68. The van der Waals surface area contributed by atoms with E-state index in [0.29, 0.717) is 25.4 Å². The van der Waals surface area contributed by atoms with Crippen LogP contribution in [0.1, 0.15) is 18.1 Å². The molecule has 1 atom stereocenters. The molecule has 1 N–H and O–H groups in total.